The van der Waals surface area contributed by atoms with Gasteiger partial charge in [-0.2, -0.15) is 4.57 Å². The Morgan fingerprint density at radius 1 is 1.10 bits per heavy atom. The number of aromatic nitrogens is 2. The number of carbonyl (C=O) groups is 2. The van der Waals surface area contributed by atoms with Crippen LogP contribution >= 0.6 is 0 Å². The molecule has 29 heavy (non-hydrogen) atoms. The van der Waals surface area contributed by atoms with Crippen molar-refractivity contribution in [3.63, 3.8) is 0 Å². The second-order valence-electron chi connectivity index (χ2n) is 7.16. The van der Waals surface area contributed by atoms with Crippen molar-refractivity contribution < 1.29 is 31.1 Å². The van der Waals surface area contributed by atoms with Crippen molar-refractivity contribution >= 4 is 33.5 Å². The summed E-state index contributed by atoms with van der Waals surface area (Å²) in [6.45, 7) is 2.78. The number of nitrogens with zero attached hydrogens (tertiary/aromatic N) is 1. The molecule has 0 aliphatic carbocycles. The van der Waals surface area contributed by atoms with Crippen molar-refractivity contribution in [2.45, 2.75) is 19.8 Å². The Morgan fingerprint density at radius 3 is 2.76 bits per heavy atom. The van der Waals surface area contributed by atoms with E-state index in [4.69, 9.17) is 0 Å². The van der Waals surface area contributed by atoms with E-state index in [1.54, 1.807) is 0 Å². The zero-order valence-corrected chi connectivity index (χ0v) is 17.5. The predicted molar refractivity (Wildman–Crippen MR) is 108 cm³/mol. The van der Waals surface area contributed by atoms with Gasteiger partial charge in [-0.1, -0.05) is 25.5 Å². The molecule has 1 aliphatic rings. The van der Waals surface area contributed by atoms with Gasteiger partial charge in [0, 0.05) is 40.5 Å². The van der Waals surface area contributed by atoms with E-state index in [1.165, 1.54) is 0 Å². The van der Waals surface area contributed by atoms with Crippen molar-refractivity contribution in [3.05, 3.63) is 71.5 Å². The molecule has 3 heterocycles. The summed E-state index contributed by atoms with van der Waals surface area (Å²) in [5.74, 6) is -0.0472. The quantitative estimate of drug-likeness (QED) is 0.313. The fraction of sp³-hybridized carbons (Fsp3) is 0.174. The van der Waals surface area contributed by atoms with E-state index < -0.39 is 0 Å². The maximum atomic E-state index is 13.0. The molecule has 146 valence electrons. The first-order valence-electron chi connectivity index (χ1n) is 9.61. The molecule has 0 unspecified atom stereocenters. The summed E-state index contributed by atoms with van der Waals surface area (Å²) >= 11 is 0. The number of H-pyrrole nitrogens is 1. The third-order valence-electron chi connectivity index (χ3n) is 5.41. The first-order valence-corrected chi connectivity index (χ1v) is 9.61. The van der Waals surface area contributed by atoms with Crippen molar-refractivity contribution in [2.24, 2.45) is 0 Å². The number of hydrogen-bond donors (Lipinski definition) is 2. The predicted octanol–water partition coefficient (Wildman–Crippen LogP) is 0.676. The number of benzene rings is 2. The molecule has 6 heteroatoms. The average Bonchev–Trinajstić information content (AvgIpc) is 3.23. The Morgan fingerprint density at radius 2 is 1.93 bits per heavy atom. The highest BCUT2D eigenvalue weighted by atomic mass is 79.9. The topological polar surface area (TPSA) is 65.8 Å². The maximum absolute atomic E-state index is 13.0. The summed E-state index contributed by atoms with van der Waals surface area (Å²) in [4.78, 5) is 28.8. The summed E-state index contributed by atoms with van der Waals surface area (Å²) in [5.41, 5.74) is 4.61. The number of unbranched alkanes of at least 4 members (excludes halogenated alkanes) is 1. The van der Waals surface area contributed by atoms with Crippen molar-refractivity contribution in [1.82, 2.24) is 10.3 Å². The second kappa shape index (κ2) is 7.44. The number of para-hydroxylation sites is 1. The van der Waals surface area contributed by atoms with Crippen LogP contribution < -0.4 is 26.9 Å². The van der Waals surface area contributed by atoms with Crippen LogP contribution in [0.3, 0.4) is 0 Å². The van der Waals surface area contributed by atoms with Crippen LogP contribution in [0.2, 0.25) is 0 Å². The third-order valence-corrected chi connectivity index (χ3v) is 5.41. The molecule has 5 rings (SSSR count). The van der Waals surface area contributed by atoms with Gasteiger partial charge >= 0.3 is 0 Å². The Bertz CT molecular complexity index is 1280. The van der Waals surface area contributed by atoms with Crippen LogP contribution in [0.15, 0.2) is 54.7 Å². The van der Waals surface area contributed by atoms with E-state index >= 15 is 0 Å². The second-order valence-corrected chi connectivity index (χ2v) is 7.16. The smallest absolute Gasteiger partial charge is 0.284 e. The minimum Gasteiger partial charge on any atom is -1.00 e. The first kappa shape index (κ1) is 19.3. The molecular formula is C23H20BrN3O2. The number of nitrogens with one attached hydrogen (secondary N) is 2. The summed E-state index contributed by atoms with van der Waals surface area (Å²) in [5, 5.41) is 4.86. The van der Waals surface area contributed by atoms with Crippen molar-refractivity contribution in [3.8, 4) is 5.69 Å². The summed E-state index contributed by atoms with van der Waals surface area (Å²) < 4.78 is 1.94. The zero-order valence-electron chi connectivity index (χ0n) is 16.0. The number of hydrogen-bond acceptors (Lipinski definition) is 2. The lowest BCUT2D eigenvalue weighted by Crippen LogP contribution is -3.00. The molecule has 0 fully saturated rings. The highest BCUT2D eigenvalue weighted by molar-refractivity contribution is 6.20. The van der Waals surface area contributed by atoms with Gasteiger partial charge in [-0.05, 0) is 30.7 Å². The highest BCUT2D eigenvalue weighted by Crippen LogP contribution is 2.31. The van der Waals surface area contributed by atoms with Crippen LogP contribution in [0.1, 0.15) is 46.2 Å². The molecule has 2 aromatic carbocycles. The number of ketones is 1. The van der Waals surface area contributed by atoms with Gasteiger partial charge in [0.25, 0.3) is 17.4 Å². The van der Waals surface area contributed by atoms with E-state index in [9.17, 15) is 9.59 Å². The Labute approximate surface area is 178 Å². The standard InChI is InChI=1S/C23H19N3O2.BrH/c1-2-3-11-24-23(28)14-8-9-18-17(13-14)15-10-12-26-19-7-5-4-6-16(19)22(27)21(26)20(15)25-18;/h4-10,12-13H,2-3,11H2,1H3,(H,24,28);1H. The van der Waals surface area contributed by atoms with Gasteiger partial charge in [0.1, 0.15) is 11.1 Å². The van der Waals surface area contributed by atoms with Crippen molar-refractivity contribution in [1.29, 1.82) is 0 Å². The van der Waals surface area contributed by atoms with E-state index in [0.29, 0.717) is 23.4 Å². The van der Waals surface area contributed by atoms with Crippen LogP contribution in [0, 0.1) is 0 Å². The average molecular weight is 450 g/mol. The molecular weight excluding hydrogens is 430 g/mol. The van der Waals surface area contributed by atoms with Gasteiger partial charge in [-0.15, -0.1) is 0 Å². The molecule has 2 N–H and O–H groups in total. The fourth-order valence-electron chi connectivity index (χ4n) is 3.97. The Balaban J connectivity index is 0.00000205. The minimum atomic E-state index is -0.0660. The summed E-state index contributed by atoms with van der Waals surface area (Å²) in [6.07, 6.45) is 3.94. The van der Waals surface area contributed by atoms with Gasteiger partial charge in [0.2, 0.25) is 5.69 Å². The van der Waals surface area contributed by atoms with E-state index in [0.717, 1.165) is 40.3 Å². The molecule has 1 amide bonds. The van der Waals surface area contributed by atoms with Crippen molar-refractivity contribution in [2.75, 3.05) is 6.54 Å². The monoisotopic (exact) mass is 449 g/mol. The first-order chi connectivity index (χ1) is 13.7. The van der Waals surface area contributed by atoms with Gasteiger partial charge in [0.15, 0.2) is 6.20 Å². The zero-order chi connectivity index (χ0) is 19.3. The van der Waals surface area contributed by atoms with E-state index in [2.05, 4.69) is 17.2 Å². The largest absolute Gasteiger partial charge is 1.00 e. The molecule has 1 aliphatic heterocycles. The molecule has 0 radical (unpaired) electrons. The van der Waals surface area contributed by atoms with Gasteiger partial charge in [-0.3, -0.25) is 9.59 Å². The van der Waals surface area contributed by atoms with Crippen LogP contribution in [0.25, 0.3) is 27.5 Å². The number of rotatable bonds is 4. The van der Waals surface area contributed by atoms with Crippen LogP contribution in [0.5, 0.6) is 0 Å². The summed E-state index contributed by atoms with van der Waals surface area (Å²) in [7, 11) is 0. The summed E-state index contributed by atoms with van der Waals surface area (Å²) in [6, 6.07) is 15.3. The Hall–Kier alpha value is -2.99. The number of amides is 1. The molecule has 4 aromatic rings. The molecule has 0 saturated carbocycles. The number of carbonyl (C=O) groups excluding carboxylic acids is 2. The van der Waals surface area contributed by atoms with E-state index in [-0.39, 0.29) is 28.7 Å². The maximum Gasteiger partial charge on any atom is 0.284 e. The third kappa shape index (κ3) is 2.95. The lowest BCUT2D eigenvalue weighted by Gasteiger charge is -2.04. The van der Waals surface area contributed by atoms with Crippen LogP contribution in [0.4, 0.5) is 0 Å². The number of halogens is 1. The molecule has 0 atom stereocenters. The Kier molecular flexibility index (Phi) is 4.96. The molecule has 0 bridgehead atoms. The fourth-order valence-corrected chi connectivity index (χ4v) is 3.97. The van der Waals surface area contributed by atoms with E-state index in [1.807, 2.05) is 59.3 Å². The van der Waals surface area contributed by atoms with Crippen LogP contribution in [-0.2, 0) is 0 Å². The highest BCUT2D eigenvalue weighted by Gasteiger charge is 2.37. The normalized spacial score (nSPS) is 12.0. The van der Waals surface area contributed by atoms with Gasteiger partial charge in [0.05, 0.1) is 0 Å². The lowest BCUT2D eigenvalue weighted by molar-refractivity contribution is -0.592. The minimum absolute atomic E-state index is 0. The molecule has 0 spiro atoms. The SMILES string of the molecule is CCCCNC(=O)c1ccc2[nH]c3c4[n+](ccc3c2c1)-c1ccccc1C4=O.[Br-]. The number of pyridine rings is 1. The molecule has 2 aromatic heterocycles. The van der Waals surface area contributed by atoms with Crippen LogP contribution in [-0.4, -0.2) is 23.2 Å². The van der Waals surface area contributed by atoms with Gasteiger partial charge in [-0.25, -0.2) is 0 Å². The van der Waals surface area contributed by atoms with Gasteiger partial charge < -0.3 is 27.3 Å². The number of fused-ring (bicyclic) bond motifs is 7. The lowest BCUT2D eigenvalue weighted by atomic mass is 10.1. The number of aromatic amines is 1. The molecule has 0 saturated heterocycles. The molecule has 5 nitrogen and oxygen atoms in total.